The number of carbonyl (C=O) groups excluding carboxylic acids is 1. The van der Waals surface area contributed by atoms with Gasteiger partial charge in [0, 0.05) is 64.7 Å². The minimum absolute atomic E-state index is 0.0172. The second kappa shape index (κ2) is 7.63. The third kappa shape index (κ3) is 3.79. The summed E-state index contributed by atoms with van der Waals surface area (Å²) in [5.41, 5.74) is 0.0172. The quantitative estimate of drug-likeness (QED) is 0.807. The summed E-state index contributed by atoms with van der Waals surface area (Å²) in [5.74, 6) is 0.534. The maximum atomic E-state index is 12.8. The molecule has 0 radical (unpaired) electrons. The van der Waals surface area contributed by atoms with Crippen molar-refractivity contribution < 1.29 is 14.3 Å². The van der Waals surface area contributed by atoms with E-state index >= 15 is 0 Å². The molecular formula is C17H28N4O3. The molecule has 1 spiro atoms. The van der Waals surface area contributed by atoms with Gasteiger partial charge in [-0.1, -0.05) is 0 Å². The lowest BCUT2D eigenvalue weighted by molar-refractivity contribution is 0.00559. The van der Waals surface area contributed by atoms with Crippen LogP contribution in [0.15, 0.2) is 12.4 Å². The summed E-state index contributed by atoms with van der Waals surface area (Å²) in [7, 11) is 3.60. The first-order valence-corrected chi connectivity index (χ1v) is 8.69. The van der Waals surface area contributed by atoms with Gasteiger partial charge in [-0.15, -0.1) is 0 Å². The van der Waals surface area contributed by atoms with E-state index < -0.39 is 0 Å². The summed E-state index contributed by atoms with van der Waals surface area (Å²) in [6.07, 6.45) is 5.60. The van der Waals surface area contributed by atoms with Crippen LogP contribution in [0.3, 0.4) is 0 Å². The Hall–Kier alpha value is -1.44. The maximum absolute atomic E-state index is 12.8. The third-order valence-corrected chi connectivity index (χ3v) is 5.09. The molecule has 1 amide bonds. The average Bonchev–Trinajstić information content (AvgIpc) is 2.92. The van der Waals surface area contributed by atoms with Crippen LogP contribution in [0.1, 0.15) is 23.5 Å². The topological polar surface area (TPSA) is 59.8 Å². The Kier molecular flexibility index (Phi) is 5.53. The molecule has 2 aliphatic heterocycles. The fourth-order valence-corrected chi connectivity index (χ4v) is 3.83. The summed E-state index contributed by atoms with van der Waals surface area (Å²) in [6.45, 7) is 6.54. The van der Waals surface area contributed by atoms with Crippen molar-refractivity contribution in [2.45, 2.75) is 12.8 Å². The van der Waals surface area contributed by atoms with Gasteiger partial charge in [-0.3, -0.25) is 9.69 Å². The summed E-state index contributed by atoms with van der Waals surface area (Å²) in [6, 6.07) is 0. The van der Waals surface area contributed by atoms with E-state index in [1.807, 2.05) is 18.1 Å². The average molecular weight is 336 g/mol. The number of likely N-dealkylation sites (tertiary alicyclic amines) is 1. The lowest BCUT2D eigenvalue weighted by Crippen LogP contribution is -2.52. The summed E-state index contributed by atoms with van der Waals surface area (Å²) in [5, 5.41) is 0. The number of hydrogen-bond acceptors (Lipinski definition) is 5. The molecule has 2 saturated heterocycles. The van der Waals surface area contributed by atoms with Crippen LogP contribution in [0.5, 0.6) is 0 Å². The van der Waals surface area contributed by atoms with Gasteiger partial charge in [0.25, 0.3) is 5.91 Å². The second-order valence-corrected chi connectivity index (χ2v) is 7.01. The molecule has 7 heteroatoms. The van der Waals surface area contributed by atoms with Gasteiger partial charge in [0.2, 0.25) is 0 Å². The number of rotatable bonds is 4. The van der Waals surface area contributed by atoms with Crippen molar-refractivity contribution in [3.8, 4) is 0 Å². The maximum Gasteiger partial charge on any atom is 0.289 e. The predicted octanol–water partition coefficient (Wildman–Crippen LogP) is 0.621. The third-order valence-electron chi connectivity index (χ3n) is 5.09. The number of hydrogen-bond donors (Lipinski definition) is 0. The Labute approximate surface area is 143 Å². The first-order valence-electron chi connectivity index (χ1n) is 8.69. The number of piperidine rings is 1. The zero-order valence-electron chi connectivity index (χ0n) is 14.7. The van der Waals surface area contributed by atoms with Crippen molar-refractivity contribution in [2.24, 2.45) is 12.5 Å². The number of methoxy groups -OCH3 is 1. The molecule has 1 aromatic heterocycles. The number of nitrogens with zero attached hydrogens (tertiary/aromatic N) is 4. The largest absolute Gasteiger partial charge is 0.383 e. The molecule has 2 fully saturated rings. The Balaban J connectivity index is 1.71. The SMILES string of the molecule is COCCN1CCOCC2(CCCN(C(=O)c3nccn3C)C2)C1. The number of imidazole rings is 1. The number of carbonyl (C=O) groups is 1. The van der Waals surface area contributed by atoms with Gasteiger partial charge in [0.1, 0.15) is 0 Å². The van der Waals surface area contributed by atoms with E-state index in [2.05, 4.69) is 9.88 Å². The van der Waals surface area contributed by atoms with Crippen molar-refractivity contribution in [1.82, 2.24) is 19.4 Å². The van der Waals surface area contributed by atoms with Crippen molar-refractivity contribution in [3.63, 3.8) is 0 Å². The van der Waals surface area contributed by atoms with Crippen molar-refractivity contribution in [1.29, 1.82) is 0 Å². The molecule has 1 atom stereocenters. The molecule has 7 nitrogen and oxygen atoms in total. The number of aryl methyl sites for hydroxylation is 1. The van der Waals surface area contributed by atoms with Crippen LogP contribution in [0, 0.1) is 5.41 Å². The molecule has 3 rings (SSSR count). The van der Waals surface area contributed by atoms with Crippen LogP contribution < -0.4 is 0 Å². The van der Waals surface area contributed by atoms with Crippen molar-refractivity contribution in [2.75, 3.05) is 59.7 Å². The Bertz CT molecular complexity index is 562. The summed E-state index contributed by atoms with van der Waals surface area (Å²) >= 11 is 0. The predicted molar refractivity (Wildman–Crippen MR) is 89.9 cm³/mol. The Morgan fingerprint density at radius 2 is 2.29 bits per heavy atom. The van der Waals surface area contributed by atoms with Crippen molar-refractivity contribution in [3.05, 3.63) is 18.2 Å². The van der Waals surface area contributed by atoms with E-state index in [0.29, 0.717) is 5.82 Å². The molecule has 0 bridgehead atoms. The molecule has 24 heavy (non-hydrogen) atoms. The van der Waals surface area contributed by atoms with Crippen LogP contribution in [-0.4, -0.2) is 84.9 Å². The van der Waals surface area contributed by atoms with E-state index in [0.717, 1.165) is 65.4 Å². The summed E-state index contributed by atoms with van der Waals surface area (Å²) in [4.78, 5) is 21.4. The highest BCUT2D eigenvalue weighted by Crippen LogP contribution is 2.33. The van der Waals surface area contributed by atoms with Gasteiger partial charge in [0.15, 0.2) is 5.82 Å². The molecule has 2 aliphatic rings. The first kappa shape index (κ1) is 17.4. The van der Waals surface area contributed by atoms with E-state index in [4.69, 9.17) is 9.47 Å². The van der Waals surface area contributed by atoms with E-state index in [-0.39, 0.29) is 11.3 Å². The Morgan fingerprint density at radius 1 is 1.42 bits per heavy atom. The fourth-order valence-electron chi connectivity index (χ4n) is 3.83. The molecule has 0 aromatic carbocycles. The van der Waals surface area contributed by atoms with Gasteiger partial charge in [-0.05, 0) is 12.8 Å². The smallest absolute Gasteiger partial charge is 0.289 e. The van der Waals surface area contributed by atoms with Gasteiger partial charge in [-0.2, -0.15) is 0 Å². The normalized spacial score (nSPS) is 25.8. The monoisotopic (exact) mass is 336 g/mol. The van der Waals surface area contributed by atoms with Crippen LogP contribution in [0.25, 0.3) is 0 Å². The summed E-state index contributed by atoms with van der Waals surface area (Å²) < 4.78 is 12.9. The van der Waals surface area contributed by atoms with Crippen LogP contribution in [0.2, 0.25) is 0 Å². The minimum Gasteiger partial charge on any atom is -0.383 e. The van der Waals surface area contributed by atoms with Gasteiger partial charge >= 0.3 is 0 Å². The minimum atomic E-state index is 0.0172. The van der Waals surface area contributed by atoms with Gasteiger partial charge in [-0.25, -0.2) is 4.98 Å². The highest BCUT2D eigenvalue weighted by atomic mass is 16.5. The molecule has 134 valence electrons. The highest BCUT2D eigenvalue weighted by Gasteiger charge is 2.40. The van der Waals surface area contributed by atoms with Crippen molar-refractivity contribution >= 4 is 5.91 Å². The van der Waals surface area contributed by atoms with E-state index in [1.54, 1.807) is 17.9 Å². The number of amides is 1. The standard InChI is InChI=1S/C17H28N4O3/c1-19-7-5-18-15(19)16(22)21-6-3-4-17(13-21)12-20(8-10-23-2)9-11-24-14-17/h5,7H,3-4,6,8-14H2,1-2H3. The highest BCUT2D eigenvalue weighted by molar-refractivity contribution is 5.90. The first-order chi connectivity index (χ1) is 11.6. The number of ether oxygens (including phenoxy) is 2. The lowest BCUT2D eigenvalue weighted by Gasteiger charge is -2.43. The molecule has 0 N–H and O–H groups in total. The Morgan fingerprint density at radius 3 is 3.04 bits per heavy atom. The fraction of sp³-hybridized carbons (Fsp3) is 0.765. The molecule has 3 heterocycles. The van der Waals surface area contributed by atoms with Gasteiger partial charge in [0.05, 0.1) is 19.8 Å². The molecular weight excluding hydrogens is 308 g/mol. The van der Waals surface area contributed by atoms with E-state index in [9.17, 15) is 4.79 Å². The zero-order valence-corrected chi connectivity index (χ0v) is 14.7. The molecule has 1 unspecified atom stereocenters. The molecule has 0 saturated carbocycles. The molecule has 1 aromatic rings. The number of aromatic nitrogens is 2. The van der Waals surface area contributed by atoms with Crippen LogP contribution >= 0.6 is 0 Å². The van der Waals surface area contributed by atoms with Crippen LogP contribution in [-0.2, 0) is 16.5 Å². The van der Waals surface area contributed by atoms with Gasteiger partial charge < -0.3 is 18.9 Å². The van der Waals surface area contributed by atoms with E-state index in [1.165, 1.54) is 0 Å². The zero-order chi connectivity index (χ0) is 17.0. The second-order valence-electron chi connectivity index (χ2n) is 7.01. The lowest BCUT2D eigenvalue weighted by atomic mass is 9.80. The molecule has 0 aliphatic carbocycles. The van der Waals surface area contributed by atoms with Crippen LogP contribution in [0.4, 0.5) is 0 Å².